The maximum atomic E-state index is 5.45. The molecule has 5 heteroatoms. The van der Waals surface area contributed by atoms with Crippen molar-refractivity contribution < 1.29 is 9.47 Å². The van der Waals surface area contributed by atoms with Gasteiger partial charge in [-0.05, 0) is 26.0 Å². The lowest BCUT2D eigenvalue weighted by Gasteiger charge is -2.13. The molecule has 86 valence electrons. The molecule has 5 nitrogen and oxygen atoms in total. The second-order valence-electron chi connectivity index (χ2n) is 3.24. The smallest absolute Gasteiger partial charge is 0.217 e. The number of aromatic nitrogens is 3. The molecule has 0 fully saturated rings. The minimum Gasteiger partial charge on any atom is -0.346 e. The zero-order valence-corrected chi connectivity index (χ0v) is 9.43. The minimum absolute atomic E-state index is 0.441. The highest BCUT2D eigenvalue weighted by atomic mass is 16.7. The first kappa shape index (κ1) is 11.0. The molecule has 0 aromatic carbocycles. The number of fused-ring (bicyclic) bond motifs is 1. The van der Waals surface area contributed by atoms with E-state index in [1.165, 1.54) is 0 Å². The molecule has 16 heavy (non-hydrogen) atoms. The predicted octanol–water partition coefficient (Wildman–Crippen LogP) is 2.03. The highest BCUT2D eigenvalue weighted by Crippen LogP contribution is 2.18. The highest BCUT2D eigenvalue weighted by molar-refractivity contribution is 5.69. The topological polar surface area (TPSA) is 60.0 Å². The molecule has 2 aromatic rings. The lowest BCUT2D eigenvalue weighted by atomic mass is 10.4. The van der Waals surface area contributed by atoms with Crippen molar-refractivity contribution in [2.75, 3.05) is 13.2 Å². The van der Waals surface area contributed by atoms with Gasteiger partial charge in [-0.1, -0.05) is 0 Å². The molecule has 2 aromatic heterocycles. The monoisotopic (exact) mass is 221 g/mol. The van der Waals surface area contributed by atoms with E-state index in [9.17, 15) is 0 Å². The van der Waals surface area contributed by atoms with E-state index < -0.39 is 6.29 Å². The lowest BCUT2D eigenvalue weighted by Crippen LogP contribution is -2.10. The molecular formula is C11H15N3O2. The SMILES string of the molecule is CCOC(OCC)c1nc2ncccc2[nH]1. The van der Waals surface area contributed by atoms with Gasteiger partial charge in [0.2, 0.25) is 6.29 Å². The Hall–Kier alpha value is -1.46. The number of hydrogen-bond donors (Lipinski definition) is 1. The lowest BCUT2D eigenvalue weighted by molar-refractivity contribution is -0.144. The Kier molecular flexibility index (Phi) is 3.48. The van der Waals surface area contributed by atoms with Gasteiger partial charge in [0.25, 0.3) is 0 Å². The normalized spacial score (nSPS) is 11.4. The van der Waals surface area contributed by atoms with Crippen molar-refractivity contribution in [3.05, 3.63) is 24.2 Å². The minimum atomic E-state index is -0.441. The second kappa shape index (κ2) is 5.05. The van der Waals surface area contributed by atoms with E-state index in [0.29, 0.717) is 24.7 Å². The van der Waals surface area contributed by atoms with Gasteiger partial charge in [0, 0.05) is 19.4 Å². The largest absolute Gasteiger partial charge is 0.346 e. The third kappa shape index (κ3) is 2.20. The molecule has 0 saturated carbocycles. The summed E-state index contributed by atoms with van der Waals surface area (Å²) in [5.41, 5.74) is 1.57. The molecule has 0 unspecified atom stereocenters. The van der Waals surface area contributed by atoms with Gasteiger partial charge in [-0.2, -0.15) is 0 Å². The summed E-state index contributed by atoms with van der Waals surface area (Å²) in [6, 6.07) is 3.79. The van der Waals surface area contributed by atoms with Crippen LogP contribution in [0.3, 0.4) is 0 Å². The quantitative estimate of drug-likeness (QED) is 0.785. The van der Waals surface area contributed by atoms with E-state index in [4.69, 9.17) is 9.47 Å². The number of nitrogens with zero attached hydrogens (tertiary/aromatic N) is 2. The number of imidazole rings is 1. The van der Waals surface area contributed by atoms with Gasteiger partial charge in [0.1, 0.15) is 0 Å². The Labute approximate surface area is 93.8 Å². The molecule has 0 aliphatic heterocycles. The van der Waals surface area contributed by atoms with E-state index in [-0.39, 0.29) is 0 Å². The third-order valence-corrected chi connectivity index (χ3v) is 2.14. The Balaban J connectivity index is 2.29. The first-order valence-corrected chi connectivity index (χ1v) is 5.39. The van der Waals surface area contributed by atoms with Crippen molar-refractivity contribution in [2.45, 2.75) is 20.1 Å². The number of rotatable bonds is 5. The Morgan fingerprint density at radius 1 is 1.31 bits per heavy atom. The zero-order chi connectivity index (χ0) is 11.4. The van der Waals surface area contributed by atoms with Crippen molar-refractivity contribution in [2.24, 2.45) is 0 Å². The molecule has 0 spiro atoms. The third-order valence-electron chi connectivity index (χ3n) is 2.14. The second-order valence-corrected chi connectivity index (χ2v) is 3.24. The molecule has 1 N–H and O–H groups in total. The number of H-pyrrole nitrogens is 1. The summed E-state index contributed by atoms with van der Waals surface area (Å²) in [5.74, 6) is 0.664. The number of ether oxygens (including phenoxy) is 2. The van der Waals surface area contributed by atoms with Crippen molar-refractivity contribution in [1.82, 2.24) is 15.0 Å². The van der Waals surface area contributed by atoms with Crippen LogP contribution in [0.4, 0.5) is 0 Å². The van der Waals surface area contributed by atoms with Crippen molar-refractivity contribution in [3.8, 4) is 0 Å². The fraction of sp³-hybridized carbons (Fsp3) is 0.455. The maximum absolute atomic E-state index is 5.45. The molecule has 0 radical (unpaired) electrons. The van der Waals surface area contributed by atoms with Gasteiger partial charge >= 0.3 is 0 Å². The van der Waals surface area contributed by atoms with Crippen LogP contribution < -0.4 is 0 Å². The van der Waals surface area contributed by atoms with Crippen LogP contribution in [0.2, 0.25) is 0 Å². The number of hydrogen-bond acceptors (Lipinski definition) is 4. The first-order chi connectivity index (χ1) is 7.85. The molecule has 0 aliphatic carbocycles. The van der Waals surface area contributed by atoms with Crippen LogP contribution in [0, 0.1) is 0 Å². The summed E-state index contributed by atoms with van der Waals surface area (Å²) in [5, 5.41) is 0. The Morgan fingerprint density at radius 3 is 2.69 bits per heavy atom. The van der Waals surface area contributed by atoms with Crippen molar-refractivity contribution in [3.63, 3.8) is 0 Å². The van der Waals surface area contributed by atoms with Gasteiger partial charge < -0.3 is 14.5 Å². The van der Waals surface area contributed by atoms with E-state index in [0.717, 1.165) is 5.52 Å². The Morgan fingerprint density at radius 2 is 2.06 bits per heavy atom. The van der Waals surface area contributed by atoms with Gasteiger partial charge in [0.15, 0.2) is 11.5 Å². The zero-order valence-electron chi connectivity index (χ0n) is 9.43. The molecule has 0 atom stereocenters. The van der Waals surface area contributed by atoms with E-state index in [2.05, 4.69) is 15.0 Å². The number of pyridine rings is 1. The number of nitrogens with one attached hydrogen (secondary N) is 1. The van der Waals surface area contributed by atoms with Crippen molar-refractivity contribution in [1.29, 1.82) is 0 Å². The fourth-order valence-electron chi connectivity index (χ4n) is 1.48. The summed E-state index contributed by atoms with van der Waals surface area (Å²) < 4.78 is 10.9. The molecule has 0 aliphatic rings. The summed E-state index contributed by atoms with van der Waals surface area (Å²) in [6.45, 7) is 5.00. The van der Waals surface area contributed by atoms with Gasteiger partial charge in [-0.15, -0.1) is 0 Å². The summed E-state index contributed by atoms with van der Waals surface area (Å²) in [7, 11) is 0. The van der Waals surface area contributed by atoms with E-state index in [1.807, 2.05) is 26.0 Å². The highest BCUT2D eigenvalue weighted by Gasteiger charge is 2.15. The standard InChI is InChI=1S/C11H15N3O2/c1-3-15-11(16-4-2)10-13-8-6-5-7-12-9(8)14-10/h5-7,11H,3-4H2,1-2H3,(H,12,13,14). The summed E-state index contributed by atoms with van der Waals surface area (Å²) in [6.07, 6.45) is 1.27. The van der Waals surface area contributed by atoms with Crippen molar-refractivity contribution >= 4 is 11.2 Å². The van der Waals surface area contributed by atoms with Crippen LogP contribution >= 0.6 is 0 Å². The fourth-order valence-corrected chi connectivity index (χ4v) is 1.48. The van der Waals surface area contributed by atoms with E-state index >= 15 is 0 Å². The van der Waals surface area contributed by atoms with Gasteiger partial charge in [-0.25, -0.2) is 9.97 Å². The van der Waals surface area contributed by atoms with Crippen LogP contribution in [0.1, 0.15) is 26.0 Å². The first-order valence-electron chi connectivity index (χ1n) is 5.39. The van der Waals surface area contributed by atoms with Gasteiger partial charge in [0.05, 0.1) is 5.52 Å². The molecule has 0 bridgehead atoms. The molecule has 2 rings (SSSR count). The predicted molar refractivity (Wildman–Crippen MR) is 59.9 cm³/mol. The Bertz CT molecular complexity index is 416. The maximum Gasteiger partial charge on any atom is 0.217 e. The number of aromatic amines is 1. The van der Waals surface area contributed by atoms with Crippen LogP contribution in [-0.4, -0.2) is 28.2 Å². The molecular weight excluding hydrogens is 206 g/mol. The van der Waals surface area contributed by atoms with Crippen LogP contribution in [0.15, 0.2) is 18.3 Å². The van der Waals surface area contributed by atoms with Crippen LogP contribution in [-0.2, 0) is 9.47 Å². The molecule has 2 heterocycles. The van der Waals surface area contributed by atoms with Crippen LogP contribution in [0.25, 0.3) is 11.2 Å². The molecule has 0 saturated heterocycles. The van der Waals surface area contributed by atoms with E-state index in [1.54, 1.807) is 6.20 Å². The summed E-state index contributed by atoms with van der Waals surface area (Å²) in [4.78, 5) is 11.6. The van der Waals surface area contributed by atoms with Crippen LogP contribution in [0.5, 0.6) is 0 Å². The summed E-state index contributed by atoms with van der Waals surface area (Å²) >= 11 is 0. The molecule has 0 amide bonds. The van der Waals surface area contributed by atoms with Gasteiger partial charge in [-0.3, -0.25) is 0 Å². The average Bonchev–Trinajstić information content (AvgIpc) is 2.72. The average molecular weight is 221 g/mol.